The molecule has 106 valence electrons. The normalized spacial score (nSPS) is 53.1. The summed E-state index contributed by atoms with van der Waals surface area (Å²) in [6.07, 6.45) is 2.36. The summed E-state index contributed by atoms with van der Waals surface area (Å²) in [5.74, 6) is -0.762. The van der Waals surface area contributed by atoms with Gasteiger partial charge in [0.1, 0.15) is 6.10 Å². The Labute approximate surface area is 113 Å². The fourth-order valence-corrected chi connectivity index (χ4v) is 4.37. The van der Waals surface area contributed by atoms with Gasteiger partial charge in [0, 0.05) is 18.3 Å². The van der Waals surface area contributed by atoms with Gasteiger partial charge >= 0.3 is 5.97 Å². The van der Waals surface area contributed by atoms with Crippen molar-refractivity contribution in [2.24, 2.45) is 23.7 Å². The van der Waals surface area contributed by atoms with E-state index in [0.717, 1.165) is 12.0 Å². The predicted molar refractivity (Wildman–Crippen MR) is 69.1 cm³/mol. The zero-order valence-electron chi connectivity index (χ0n) is 11.7. The smallest absolute Gasteiger partial charge is 0.309 e. The third-order valence-corrected chi connectivity index (χ3v) is 5.47. The maximum Gasteiger partial charge on any atom is 0.309 e. The first-order valence-electron chi connectivity index (χ1n) is 7.10. The van der Waals surface area contributed by atoms with Crippen molar-refractivity contribution in [1.82, 2.24) is 0 Å². The molecular formula is C15H22O4. The van der Waals surface area contributed by atoms with E-state index >= 15 is 0 Å². The number of aliphatic hydroxyl groups is 2. The summed E-state index contributed by atoms with van der Waals surface area (Å²) in [4.78, 5) is 11.8. The number of hydrogen-bond donors (Lipinski definition) is 2. The molecule has 19 heavy (non-hydrogen) atoms. The minimum absolute atomic E-state index is 0.0269. The third kappa shape index (κ3) is 1.77. The molecule has 1 unspecified atom stereocenters. The highest BCUT2D eigenvalue weighted by molar-refractivity contribution is 5.75. The molecule has 2 fully saturated rings. The zero-order chi connectivity index (χ0) is 13.9. The molecule has 0 amide bonds. The second kappa shape index (κ2) is 4.06. The van der Waals surface area contributed by atoms with Gasteiger partial charge in [-0.15, -0.1) is 0 Å². The molecule has 1 heterocycles. The van der Waals surface area contributed by atoms with Gasteiger partial charge in [-0.2, -0.15) is 0 Å². The Hall–Kier alpha value is -0.870. The molecule has 1 aliphatic heterocycles. The fraction of sp³-hybridized carbons (Fsp3) is 0.800. The molecule has 1 saturated carbocycles. The fourth-order valence-electron chi connectivity index (χ4n) is 4.37. The molecule has 0 aromatic carbocycles. The van der Waals surface area contributed by atoms with Gasteiger partial charge in [0.15, 0.2) is 0 Å². The molecule has 0 aromatic heterocycles. The van der Waals surface area contributed by atoms with Gasteiger partial charge in [0.05, 0.1) is 17.6 Å². The lowest BCUT2D eigenvalue weighted by Crippen LogP contribution is -2.40. The molecule has 0 radical (unpaired) electrons. The van der Waals surface area contributed by atoms with Crippen LogP contribution in [0.5, 0.6) is 0 Å². The van der Waals surface area contributed by atoms with E-state index in [1.54, 1.807) is 0 Å². The summed E-state index contributed by atoms with van der Waals surface area (Å²) in [5.41, 5.74) is 0.230. The number of esters is 1. The van der Waals surface area contributed by atoms with Gasteiger partial charge in [0.2, 0.25) is 0 Å². The summed E-state index contributed by atoms with van der Waals surface area (Å²) in [6, 6.07) is 0. The molecule has 0 spiro atoms. The van der Waals surface area contributed by atoms with Crippen molar-refractivity contribution < 1.29 is 19.7 Å². The van der Waals surface area contributed by atoms with E-state index in [9.17, 15) is 15.0 Å². The van der Waals surface area contributed by atoms with E-state index in [-0.39, 0.29) is 35.7 Å². The first-order valence-corrected chi connectivity index (χ1v) is 7.10. The van der Waals surface area contributed by atoms with Crippen molar-refractivity contribution in [3.63, 3.8) is 0 Å². The van der Waals surface area contributed by atoms with Crippen molar-refractivity contribution in [3.8, 4) is 0 Å². The van der Waals surface area contributed by atoms with Gasteiger partial charge in [-0.05, 0) is 26.2 Å². The Morgan fingerprint density at radius 1 is 1.47 bits per heavy atom. The summed E-state index contributed by atoms with van der Waals surface area (Å²) in [5, 5.41) is 21.5. The van der Waals surface area contributed by atoms with Crippen LogP contribution in [-0.4, -0.2) is 34.0 Å². The number of fused-ring (bicyclic) bond motifs is 2. The molecule has 3 aliphatic rings. The maximum absolute atomic E-state index is 11.8. The van der Waals surface area contributed by atoms with Crippen LogP contribution in [0, 0.1) is 23.7 Å². The van der Waals surface area contributed by atoms with E-state index in [1.165, 1.54) is 0 Å². The van der Waals surface area contributed by atoms with Gasteiger partial charge in [-0.1, -0.05) is 18.6 Å². The highest BCUT2D eigenvalue weighted by Crippen LogP contribution is 2.51. The lowest BCUT2D eigenvalue weighted by Gasteiger charge is -2.35. The molecule has 0 bridgehead atoms. The Morgan fingerprint density at radius 3 is 2.84 bits per heavy atom. The molecule has 2 N–H and O–H groups in total. The van der Waals surface area contributed by atoms with Crippen molar-refractivity contribution in [3.05, 3.63) is 11.6 Å². The van der Waals surface area contributed by atoms with Crippen LogP contribution in [0.2, 0.25) is 0 Å². The number of allylic oxidation sites excluding steroid dienone is 1. The van der Waals surface area contributed by atoms with Crippen molar-refractivity contribution in [2.45, 2.75) is 51.4 Å². The third-order valence-electron chi connectivity index (χ3n) is 5.47. The molecule has 1 saturated heterocycles. The molecular weight excluding hydrogens is 244 g/mol. The number of rotatable bonds is 0. The average molecular weight is 266 g/mol. The molecule has 4 heteroatoms. The lowest BCUT2D eigenvalue weighted by atomic mass is 9.75. The number of aliphatic hydroxyl groups excluding tert-OH is 1. The first-order chi connectivity index (χ1) is 8.83. The summed E-state index contributed by atoms with van der Waals surface area (Å²) in [6.45, 7) is 5.63. The molecule has 2 aliphatic carbocycles. The topological polar surface area (TPSA) is 66.8 Å². The Balaban J connectivity index is 2.02. The van der Waals surface area contributed by atoms with E-state index in [4.69, 9.17) is 4.74 Å². The largest absolute Gasteiger partial charge is 0.462 e. The Kier molecular flexibility index (Phi) is 2.81. The summed E-state index contributed by atoms with van der Waals surface area (Å²) >= 11 is 0. The maximum atomic E-state index is 11.8. The second-order valence-corrected chi connectivity index (χ2v) is 6.71. The lowest BCUT2D eigenvalue weighted by molar-refractivity contribution is -0.146. The van der Waals surface area contributed by atoms with Crippen LogP contribution in [0.3, 0.4) is 0 Å². The minimum atomic E-state index is -0.899. The number of carbonyl (C=O) groups excluding carboxylic acids is 1. The van der Waals surface area contributed by atoms with Gasteiger partial charge in [0.25, 0.3) is 0 Å². The second-order valence-electron chi connectivity index (χ2n) is 6.71. The van der Waals surface area contributed by atoms with Crippen LogP contribution >= 0.6 is 0 Å². The van der Waals surface area contributed by atoms with Gasteiger partial charge < -0.3 is 14.9 Å². The average Bonchev–Trinajstić information content (AvgIpc) is 2.78. The molecule has 4 nitrogen and oxygen atoms in total. The highest BCUT2D eigenvalue weighted by atomic mass is 16.6. The summed E-state index contributed by atoms with van der Waals surface area (Å²) < 4.78 is 5.39. The highest BCUT2D eigenvalue weighted by Gasteiger charge is 2.57. The van der Waals surface area contributed by atoms with Crippen molar-refractivity contribution >= 4 is 5.97 Å². The van der Waals surface area contributed by atoms with Gasteiger partial charge in [-0.3, -0.25) is 4.79 Å². The first kappa shape index (κ1) is 13.1. The Bertz CT molecular complexity index is 439. The van der Waals surface area contributed by atoms with E-state index in [1.807, 2.05) is 20.8 Å². The molecule has 0 aromatic rings. The van der Waals surface area contributed by atoms with Crippen LogP contribution in [0.4, 0.5) is 0 Å². The van der Waals surface area contributed by atoms with E-state index < -0.39 is 11.7 Å². The van der Waals surface area contributed by atoms with Crippen LogP contribution in [0.1, 0.15) is 33.6 Å². The quantitative estimate of drug-likeness (QED) is 0.512. The molecule has 7 atom stereocenters. The number of carbonyl (C=O) groups is 1. The van der Waals surface area contributed by atoms with Gasteiger partial charge in [-0.25, -0.2) is 0 Å². The van der Waals surface area contributed by atoms with E-state index in [0.29, 0.717) is 6.42 Å². The van der Waals surface area contributed by atoms with Crippen molar-refractivity contribution in [1.29, 1.82) is 0 Å². The monoisotopic (exact) mass is 266 g/mol. The zero-order valence-corrected chi connectivity index (χ0v) is 11.7. The molecule has 3 rings (SSSR count). The standard InChI is InChI=1S/C15H22O4/c1-7-4-5-9-11(7)13(16)12-8(2)14(17)19-10(12)6-15(9,3)18/h4,8-13,16,18H,5-6H2,1-3H3/t8?,9-,10-,11+,12+,13-,15-/m1/s1. The summed E-state index contributed by atoms with van der Waals surface area (Å²) in [7, 11) is 0. The Morgan fingerprint density at radius 2 is 2.16 bits per heavy atom. The minimum Gasteiger partial charge on any atom is -0.462 e. The van der Waals surface area contributed by atoms with Crippen LogP contribution in [0.15, 0.2) is 11.6 Å². The van der Waals surface area contributed by atoms with Crippen molar-refractivity contribution in [2.75, 3.05) is 0 Å². The SMILES string of the molecule is CC1=CC[C@@H]2[C@H]1[C@@H](O)[C@H]1C(C)C(=O)O[C@@H]1C[C@@]2(C)O. The number of ether oxygens (including phenoxy) is 1. The number of hydrogen-bond acceptors (Lipinski definition) is 4. The van der Waals surface area contributed by atoms with Crippen LogP contribution < -0.4 is 0 Å². The van der Waals surface area contributed by atoms with Crippen LogP contribution in [-0.2, 0) is 9.53 Å². The van der Waals surface area contributed by atoms with E-state index in [2.05, 4.69) is 6.08 Å². The predicted octanol–water partition coefficient (Wildman–Crippen LogP) is 1.26. The van der Waals surface area contributed by atoms with Crippen LogP contribution in [0.25, 0.3) is 0 Å².